The van der Waals surface area contributed by atoms with Crippen LogP contribution in [0.5, 0.6) is 0 Å². The van der Waals surface area contributed by atoms with E-state index in [0.29, 0.717) is 5.39 Å². The van der Waals surface area contributed by atoms with Crippen LogP contribution in [-0.4, -0.2) is 15.6 Å². The van der Waals surface area contributed by atoms with Crippen molar-refractivity contribution in [1.29, 1.82) is 0 Å². The van der Waals surface area contributed by atoms with Gasteiger partial charge in [-0.1, -0.05) is 6.07 Å². The largest absolute Gasteiger partial charge is 0.478 e. The average Bonchev–Trinajstić information content (AvgIpc) is 2.55. The number of nitrogens with zero attached hydrogens (tertiary/aromatic N) is 1. The van der Waals surface area contributed by atoms with E-state index in [4.69, 9.17) is 5.11 Å². The van der Waals surface area contributed by atoms with Crippen molar-refractivity contribution in [1.82, 2.24) is 4.57 Å². The highest BCUT2D eigenvalue weighted by Gasteiger charge is 2.34. The van der Waals surface area contributed by atoms with Gasteiger partial charge in [0.2, 0.25) is 0 Å². The molecule has 0 spiro atoms. The number of carboxylic acid groups (broad SMARTS) is 1. The number of aromatic carboxylic acids is 1. The molecule has 2 aromatic rings. The summed E-state index contributed by atoms with van der Waals surface area (Å²) in [6, 6.07) is 4.88. The van der Waals surface area contributed by atoms with Crippen LogP contribution in [0.25, 0.3) is 10.9 Å². The maximum atomic E-state index is 12.6. The molecule has 0 aliphatic rings. The van der Waals surface area contributed by atoms with Gasteiger partial charge in [-0.25, -0.2) is 4.79 Å². The van der Waals surface area contributed by atoms with Gasteiger partial charge in [0.1, 0.15) is 5.69 Å². The molecule has 0 aliphatic heterocycles. The van der Waals surface area contributed by atoms with E-state index in [-0.39, 0.29) is 11.1 Å². The number of fused-ring (bicyclic) bond motifs is 1. The highest BCUT2D eigenvalue weighted by Crippen LogP contribution is 2.33. The highest BCUT2D eigenvalue weighted by molar-refractivity contribution is 5.93. The van der Waals surface area contributed by atoms with E-state index in [1.54, 1.807) is 0 Å². The second-order valence-electron chi connectivity index (χ2n) is 3.67. The van der Waals surface area contributed by atoms with Gasteiger partial charge in [-0.2, -0.15) is 13.2 Å². The quantitative estimate of drug-likeness (QED) is 0.836. The van der Waals surface area contributed by atoms with Crippen molar-refractivity contribution in [3.05, 3.63) is 35.5 Å². The van der Waals surface area contributed by atoms with Crippen LogP contribution >= 0.6 is 0 Å². The van der Waals surface area contributed by atoms with Crippen molar-refractivity contribution in [2.24, 2.45) is 7.05 Å². The zero-order valence-corrected chi connectivity index (χ0v) is 8.75. The van der Waals surface area contributed by atoms with E-state index in [2.05, 4.69) is 0 Å². The molecule has 1 heterocycles. The number of benzene rings is 1. The van der Waals surface area contributed by atoms with Gasteiger partial charge in [0.05, 0.1) is 5.56 Å². The molecule has 6 heteroatoms. The van der Waals surface area contributed by atoms with E-state index >= 15 is 0 Å². The normalized spacial score (nSPS) is 12.0. The summed E-state index contributed by atoms with van der Waals surface area (Å²) < 4.78 is 38.8. The molecule has 1 N–H and O–H groups in total. The van der Waals surface area contributed by atoms with Gasteiger partial charge < -0.3 is 9.67 Å². The monoisotopic (exact) mass is 243 g/mol. The van der Waals surface area contributed by atoms with Crippen molar-refractivity contribution >= 4 is 16.9 Å². The Bertz CT molecular complexity index is 599. The molecule has 2 rings (SSSR count). The summed E-state index contributed by atoms with van der Waals surface area (Å²) >= 11 is 0. The summed E-state index contributed by atoms with van der Waals surface area (Å²) in [7, 11) is 1.26. The zero-order valence-electron chi connectivity index (χ0n) is 8.75. The van der Waals surface area contributed by atoms with Crippen LogP contribution < -0.4 is 0 Å². The molecule has 1 aromatic heterocycles. The van der Waals surface area contributed by atoms with Crippen molar-refractivity contribution in [3.8, 4) is 0 Å². The van der Waals surface area contributed by atoms with Crippen LogP contribution in [0.1, 0.15) is 16.1 Å². The van der Waals surface area contributed by atoms with Crippen molar-refractivity contribution in [3.63, 3.8) is 0 Å². The van der Waals surface area contributed by atoms with Crippen LogP contribution in [0, 0.1) is 0 Å². The Labute approximate surface area is 94.1 Å². The van der Waals surface area contributed by atoms with Crippen molar-refractivity contribution < 1.29 is 23.1 Å². The second kappa shape index (κ2) is 3.51. The predicted molar refractivity (Wildman–Crippen MR) is 54.9 cm³/mol. The lowest BCUT2D eigenvalue weighted by molar-refractivity contribution is -0.142. The van der Waals surface area contributed by atoms with Crippen LogP contribution in [0.15, 0.2) is 24.3 Å². The van der Waals surface area contributed by atoms with E-state index in [1.807, 2.05) is 0 Å². The number of halogens is 3. The number of hydrogen-bond acceptors (Lipinski definition) is 1. The summed E-state index contributed by atoms with van der Waals surface area (Å²) in [5.74, 6) is -1.17. The molecular formula is C11H8F3NO2. The molecule has 1 aromatic carbocycles. The van der Waals surface area contributed by atoms with Crippen LogP contribution in [0.3, 0.4) is 0 Å². The second-order valence-corrected chi connectivity index (χ2v) is 3.67. The Hall–Kier alpha value is -1.98. The van der Waals surface area contributed by atoms with Crippen molar-refractivity contribution in [2.75, 3.05) is 0 Å². The van der Waals surface area contributed by atoms with Crippen LogP contribution in [-0.2, 0) is 13.2 Å². The number of carbonyl (C=O) groups is 1. The number of rotatable bonds is 1. The first-order valence-corrected chi connectivity index (χ1v) is 4.70. The first-order valence-electron chi connectivity index (χ1n) is 4.70. The maximum Gasteiger partial charge on any atom is 0.431 e. The third-order valence-corrected chi connectivity index (χ3v) is 2.58. The van der Waals surface area contributed by atoms with Gasteiger partial charge in [0.15, 0.2) is 0 Å². The fourth-order valence-electron chi connectivity index (χ4n) is 1.74. The Balaban J connectivity index is 2.71. The molecule has 90 valence electrons. The van der Waals surface area contributed by atoms with Gasteiger partial charge in [0, 0.05) is 18.0 Å². The summed E-state index contributed by atoms with van der Waals surface area (Å²) in [6.45, 7) is 0. The van der Waals surface area contributed by atoms with Gasteiger partial charge in [-0.05, 0) is 18.2 Å². The number of aryl methyl sites for hydroxylation is 1. The van der Waals surface area contributed by atoms with Gasteiger partial charge in [0.25, 0.3) is 0 Å². The molecule has 0 aliphatic carbocycles. The molecule has 0 saturated carbocycles. The molecule has 0 saturated heterocycles. The lowest BCUT2D eigenvalue weighted by Crippen LogP contribution is -2.10. The highest BCUT2D eigenvalue weighted by atomic mass is 19.4. The maximum absolute atomic E-state index is 12.6. The first-order chi connectivity index (χ1) is 7.80. The first kappa shape index (κ1) is 11.5. The minimum atomic E-state index is -4.45. The number of alkyl halides is 3. The van der Waals surface area contributed by atoms with E-state index in [9.17, 15) is 18.0 Å². The minimum Gasteiger partial charge on any atom is -0.478 e. The van der Waals surface area contributed by atoms with E-state index < -0.39 is 17.8 Å². The Morgan fingerprint density at radius 1 is 1.29 bits per heavy atom. The van der Waals surface area contributed by atoms with Crippen LogP contribution in [0.2, 0.25) is 0 Å². The molecular weight excluding hydrogens is 235 g/mol. The standard InChI is InChI=1S/C11H8F3NO2/c1-15-8-4-7(10(16)17)3-2-6(8)5-9(15)11(12,13)14/h2-5H,1H3,(H,16,17). The molecule has 0 bridgehead atoms. The predicted octanol–water partition coefficient (Wildman–Crippen LogP) is 2.90. The van der Waals surface area contributed by atoms with E-state index in [0.717, 1.165) is 10.6 Å². The summed E-state index contributed by atoms with van der Waals surface area (Å²) in [5, 5.41) is 9.14. The Morgan fingerprint density at radius 3 is 2.47 bits per heavy atom. The Morgan fingerprint density at radius 2 is 1.94 bits per heavy atom. The average molecular weight is 243 g/mol. The lowest BCUT2D eigenvalue weighted by atomic mass is 10.1. The topological polar surface area (TPSA) is 42.2 Å². The smallest absolute Gasteiger partial charge is 0.431 e. The third kappa shape index (κ3) is 1.86. The molecule has 0 amide bonds. The van der Waals surface area contributed by atoms with Crippen molar-refractivity contribution in [2.45, 2.75) is 6.18 Å². The van der Waals surface area contributed by atoms with Gasteiger partial charge in [-0.3, -0.25) is 0 Å². The summed E-state index contributed by atoms with van der Waals surface area (Å²) in [5.41, 5.74) is -0.584. The van der Waals surface area contributed by atoms with Crippen LogP contribution in [0.4, 0.5) is 13.2 Å². The van der Waals surface area contributed by atoms with E-state index in [1.165, 1.54) is 25.2 Å². The van der Waals surface area contributed by atoms with Gasteiger partial charge in [-0.15, -0.1) is 0 Å². The van der Waals surface area contributed by atoms with Gasteiger partial charge >= 0.3 is 12.1 Å². The zero-order chi connectivity index (χ0) is 12.8. The molecule has 0 fully saturated rings. The fraction of sp³-hybridized carbons (Fsp3) is 0.182. The molecule has 3 nitrogen and oxygen atoms in total. The fourth-order valence-corrected chi connectivity index (χ4v) is 1.74. The SMILES string of the molecule is Cn1c(C(F)(F)F)cc2ccc(C(=O)O)cc21. The summed E-state index contributed by atoms with van der Waals surface area (Å²) in [6.07, 6.45) is -4.45. The molecule has 0 atom stereocenters. The molecule has 17 heavy (non-hydrogen) atoms. The lowest BCUT2D eigenvalue weighted by Gasteiger charge is -2.07. The number of carboxylic acids is 1. The molecule has 0 radical (unpaired) electrons. The summed E-state index contributed by atoms with van der Waals surface area (Å²) in [4.78, 5) is 10.7. The number of hydrogen-bond donors (Lipinski definition) is 1. The number of aromatic nitrogens is 1. The third-order valence-electron chi connectivity index (χ3n) is 2.58. The molecule has 0 unspecified atom stereocenters. The minimum absolute atomic E-state index is 0.0348. The Kier molecular flexibility index (Phi) is 2.38.